The molecular weight excluding hydrogens is 192 g/mol. The summed E-state index contributed by atoms with van der Waals surface area (Å²) in [6, 6.07) is 1.53. The number of ether oxygens (including phenoxy) is 1. The highest BCUT2D eigenvalue weighted by atomic mass is 16.5. The van der Waals surface area contributed by atoms with Gasteiger partial charge in [0.15, 0.2) is 5.78 Å². The van der Waals surface area contributed by atoms with Crippen molar-refractivity contribution in [1.29, 1.82) is 0 Å². The Morgan fingerprint density at radius 1 is 1.53 bits per heavy atom. The van der Waals surface area contributed by atoms with Crippen molar-refractivity contribution in [3.63, 3.8) is 0 Å². The molecule has 1 rings (SSSR count). The fourth-order valence-corrected chi connectivity index (χ4v) is 1.05. The van der Waals surface area contributed by atoms with Crippen LogP contribution in [0.5, 0.6) is 5.88 Å². The van der Waals surface area contributed by atoms with Crippen molar-refractivity contribution in [3.05, 3.63) is 30.2 Å². The number of rotatable bonds is 5. The zero-order valence-corrected chi connectivity index (χ0v) is 8.99. The second kappa shape index (κ2) is 5.24. The molecule has 0 atom stereocenters. The zero-order chi connectivity index (χ0) is 11.3. The fourth-order valence-electron chi connectivity index (χ4n) is 1.05. The van der Waals surface area contributed by atoms with Crippen LogP contribution in [0.1, 0.15) is 30.3 Å². The van der Waals surface area contributed by atoms with E-state index < -0.39 is 0 Å². The highest BCUT2D eigenvalue weighted by molar-refractivity contribution is 5.95. The lowest BCUT2D eigenvalue weighted by Crippen LogP contribution is -2.04. The number of carbonyl (C=O) groups excluding carboxylic acids is 1. The normalized spacial score (nSPS) is 9.73. The summed E-state index contributed by atoms with van der Waals surface area (Å²) in [6.07, 6.45) is 2.45. The average Bonchev–Trinajstić information content (AvgIpc) is 2.28. The summed E-state index contributed by atoms with van der Waals surface area (Å²) in [6.45, 7) is 5.75. The third-order valence-corrected chi connectivity index (χ3v) is 2.05. The Kier molecular flexibility index (Phi) is 3.97. The van der Waals surface area contributed by atoms with Crippen molar-refractivity contribution < 1.29 is 9.53 Å². The maximum absolute atomic E-state index is 11.7. The first-order chi connectivity index (χ1) is 7.17. The third-order valence-electron chi connectivity index (χ3n) is 2.05. The zero-order valence-electron chi connectivity index (χ0n) is 8.99. The Morgan fingerprint density at radius 3 is 2.87 bits per heavy atom. The van der Waals surface area contributed by atoms with Crippen LogP contribution >= 0.6 is 0 Å². The van der Waals surface area contributed by atoms with E-state index in [9.17, 15) is 4.79 Å². The Bertz CT molecular complexity index is 375. The number of hydrogen-bond donors (Lipinski definition) is 0. The number of aromatic nitrogens is 2. The van der Waals surface area contributed by atoms with E-state index in [0.29, 0.717) is 18.0 Å². The average molecular weight is 206 g/mol. The van der Waals surface area contributed by atoms with Crippen molar-refractivity contribution in [2.24, 2.45) is 0 Å². The molecule has 0 aromatic carbocycles. The van der Waals surface area contributed by atoms with Crippen LogP contribution in [-0.4, -0.2) is 22.9 Å². The number of ketones is 1. The summed E-state index contributed by atoms with van der Waals surface area (Å²) in [5, 5.41) is 0. The van der Waals surface area contributed by atoms with Crippen molar-refractivity contribution >= 4 is 5.78 Å². The molecule has 0 spiro atoms. The second-order valence-electron chi connectivity index (χ2n) is 3.15. The predicted octanol–water partition coefficient (Wildman–Crippen LogP) is 2.02. The number of Topliss-reactive ketones (excluding diaryl/α,β-unsaturated/α-hetero) is 1. The van der Waals surface area contributed by atoms with E-state index in [2.05, 4.69) is 16.5 Å². The molecule has 4 nitrogen and oxygen atoms in total. The molecule has 0 bridgehead atoms. The van der Waals surface area contributed by atoms with E-state index in [1.165, 1.54) is 19.5 Å². The highest BCUT2D eigenvalue weighted by Gasteiger charge is 2.09. The molecule has 0 N–H and O–H groups in total. The van der Waals surface area contributed by atoms with E-state index in [1.54, 1.807) is 0 Å². The molecular formula is C11H14N2O2. The van der Waals surface area contributed by atoms with E-state index in [4.69, 9.17) is 4.74 Å². The van der Waals surface area contributed by atoms with Gasteiger partial charge < -0.3 is 4.74 Å². The lowest BCUT2D eigenvalue weighted by atomic mass is 10.1. The monoisotopic (exact) mass is 206 g/mol. The molecule has 0 aliphatic heterocycles. The number of carbonyl (C=O) groups is 1. The minimum absolute atomic E-state index is 0.0532. The molecule has 0 saturated carbocycles. The molecule has 0 radical (unpaired) electrons. The second-order valence-corrected chi connectivity index (χ2v) is 3.15. The van der Waals surface area contributed by atoms with Gasteiger partial charge in [-0.05, 0) is 6.42 Å². The van der Waals surface area contributed by atoms with Gasteiger partial charge in [0.25, 0.3) is 0 Å². The summed E-state index contributed by atoms with van der Waals surface area (Å²) < 4.78 is 4.91. The molecule has 4 heteroatoms. The number of hydrogen-bond acceptors (Lipinski definition) is 4. The standard InChI is InChI=1S/C11H14N2O2/c1-4-8(2)5-10(14)9-6-11(15-3)13-7-12-9/h6-7H,2,4-5H2,1,3H3. The number of nitrogens with zero attached hydrogens (tertiary/aromatic N) is 2. The molecule has 1 aromatic heterocycles. The summed E-state index contributed by atoms with van der Waals surface area (Å²) in [4.78, 5) is 19.4. The van der Waals surface area contributed by atoms with E-state index in [0.717, 1.165) is 12.0 Å². The summed E-state index contributed by atoms with van der Waals surface area (Å²) in [7, 11) is 1.50. The van der Waals surface area contributed by atoms with E-state index in [-0.39, 0.29) is 5.78 Å². The van der Waals surface area contributed by atoms with Gasteiger partial charge in [-0.1, -0.05) is 19.1 Å². The maximum Gasteiger partial charge on any atom is 0.216 e. The minimum Gasteiger partial charge on any atom is -0.481 e. The quantitative estimate of drug-likeness (QED) is 0.546. The largest absolute Gasteiger partial charge is 0.481 e. The molecule has 0 amide bonds. The van der Waals surface area contributed by atoms with Crippen molar-refractivity contribution in [2.75, 3.05) is 7.11 Å². The summed E-state index contributed by atoms with van der Waals surface area (Å²) in [5.74, 6) is 0.345. The van der Waals surface area contributed by atoms with Crippen LogP contribution in [0.2, 0.25) is 0 Å². The molecule has 0 fully saturated rings. The Labute approximate surface area is 89.0 Å². The lowest BCUT2D eigenvalue weighted by Gasteiger charge is -2.02. The van der Waals surface area contributed by atoms with Gasteiger partial charge in [0, 0.05) is 12.5 Å². The molecule has 80 valence electrons. The molecule has 1 aromatic rings. The lowest BCUT2D eigenvalue weighted by molar-refractivity contribution is 0.0987. The molecule has 0 unspecified atom stereocenters. The van der Waals surface area contributed by atoms with Gasteiger partial charge in [-0.2, -0.15) is 0 Å². The van der Waals surface area contributed by atoms with Crippen molar-refractivity contribution in [2.45, 2.75) is 19.8 Å². The first-order valence-corrected chi connectivity index (χ1v) is 4.73. The molecule has 0 aliphatic rings. The van der Waals surface area contributed by atoms with Gasteiger partial charge in [0.1, 0.15) is 12.0 Å². The van der Waals surface area contributed by atoms with E-state index in [1.807, 2.05) is 6.92 Å². The van der Waals surface area contributed by atoms with Crippen LogP contribution in [0.3, 0.4) is 0 Å². The first-order valence-electron chi connectivity index (χ1n) is 4.73. The maximum atomic E-state index is 11.7. The van der Waals surface area contributed by atoms with Gasteiger partial charge >= 0.3 is 0 Å². The summed E-state index contributed by atoms with van der Waals surface area (Å²) >= 11 is 0. The van der Waals surface area contributed by atoms with Crippen LogP contribution < -0.4 is 4.74 Å². The highest BCUT2D eigenvalue weighted by Crippen LogP contribution is 2.11. The van der Waals surface area contributed by atoms with Crippen LogP contribution in [0, 0.1) is 0 Å². The van der Waals surface area contributed by atoms with Gasteiger partial charge in [-0.3, -0.25) is 4.79 Å². The van der Waals surface area contributed by atoms with Crippen LogP contribution in [0.25, 0.3) is 0 Å². The van der Waals surface area contributed by atoms with Crippen molar-refractivity contribution in [1.82, 2.24) is 9.97 Å². The number of methoxy groups -OCH3 is 1. The molecule has 15 heavy (non-hydrogen) atoms. The number of allylic oxidation sites excluding steroid dienone is 1. The molecule has 1 heterocycles. The van der Waals surface area contributed by atoms with E-state index >= 15 is 0 Å². The smallest absolute Gasteiger partial charge is 0.216 e. The SMILES string of the molecule is C=C(CC)CC(=O)c1cc(OC)ncn1. The minimum atomic E-state index is -0.0532. The van der Waals surface area contributed by atoms with Crippen LogP contribution in [-0.2, 0) is 0 Å². The van der Waals surface area contributed by atoms with Gasteiger partial charge in [-0.15, -0.1) is 0 Å². The topological polar surface area (TPSA) is 52.1 Å². The van der Waals surface area contributed by atoms with Gasteiger partial charge in [-0.25, -0.2) is 9.97 Å². The first kappa shape index (κ1) is 11.4. The summed E-state index contributed by atoms with van der Waals surface area (Å²) in [5.41, 5.74) is 1.27. The van der Waals surface area contributed by atoms with Gasteiger partial charge in [0.2, 0.25) is 5.88 Å². The predicted molar refractivity (Wildman–Crippen MR) is 57.0 cm³/mol. The Hall–Kier alpha value is -1.71. The Morgan fingerprint density at radius 2 is 2.27 bits per heavy atom. The van der Waals surface area contributed by atoms with Gasteiger partial charge in [0.05, 0.1) is 7.11 Å². The van der Waals surface area contributed by atoms with Crippen molar-refractivity contribution in [3.8, 4) is 5.88 Å². The third kappa shape index (κ3) is 3.16. The molecule has 0 saturated heterocycles. The Balaban J connectivity index is 2.77. The fraction of sp³-hybridized carbons (Fsp3) is 0.364. The molecule has 0 aliphatic carbocycles. The van der Waals surface area contributed by atoms with Crippen LogP contribution in [0.15, 0.2) is 24.5 Å². The van der Waals surface area contributed by atoms with Crippen LogP contribution in [0.4, 0.5) is 0 Å².